The summed E-state index contributed by atoms with van der Waals surface area (Å²) in [5.74, 6) is -1.46. The van der Waals surface area contributed by atoms with E-state index in [4.69, 9.17) is 0 Å². The van der Waals surface area contributed by atoms with Crippen LogP contribution in [0.3, 0.4) is 0 Å². The van der Waals surface area contributed by atoms with Crippen molar-refractivity contribution in [2.75, 3.05) is 26.2 Å². The quantitative estimate of drug-likeness (QED) is 0.651. The summed E-state index contributed by atoms with van der Waals surface area (Å²) in [5.41, 5.74) is -0.0825. The summed E-state index contributed by atoms with van der Waals surface area (Å²) in [4.78, 5) is 12.1. The first-order valence-electron chi connectivity index (χ1n) is 6.12. The van der Waals surface area contributed by atoms with Gasteiger partial charge in [0.05, 0.1) is 11.0 Å². The SMILES string of the molecule is C[C@@H](c1cc([N+](=O)[O-])cc(F)c1O)N1CCNCC1.Cl.Cl. The Balaban J connectivity index is 0.00000200. The Hall–Kier alpha value is -1.15. The normalized spacial score (nSPS) is 16.5. The highest BCUT2D eigenvalue weighted by atomic mass is 35.5. The molecule has 1 aliphatic heterocycles. The van der Waals surface area contributed by atoms with Gasteiger partial charge in [-0.3, -0.25) is 15.0 Å². The number of phenolic OH excluding ortho intramolecular Hbond substituents is 1. The van der Waals surface area contributed by atoms with Crippen molar-refractivity contribution in [3.63, 3.8) is 0 Å². The van der Waals surface area contributed by atoms with Gasteiger partial charge in [0.2, 0.25) is 0 Å². The Bertz CT molecular complexity index is 499. The van der Waals surface area contributed by atoms with E-state index in [1.165, 1.54) is 6.07 Å². The van der Waals surface area contributed by atoms with Gasteiger partial charge in [0.25, 0.3) is 5.69 Å². The van der Waals surface area contributed by atoms with Gasteiger partial charge in [0.15, 0.2) is 11.6 Å². The number of nitrogens with zero attached hydrogens (tertiary/aromatic N) is 2. The number of halogens is 3. The number of rotatable bonds is 3. The second-order valence-corrected chi connectivity index (χ2v) is 4.58. The maximum Gasteiger partial charge on any atom is 0.272 e. The molecule has 1 aliphatic rings. The molecule has 6 nitrogen and oxygen atoms in total. The summed E-state index contributed by atoms with van der Waals surface area (Å²) in [6.45, 7) is 4.93. The van der Waals surface area contributed by atoms with Crippen molar-refractivity contribution in [2.24, 2.45) is 0 Å². The molecular formula is C12H18Cl2FN3O3. The third-order valence-electron chi connectivity index (χ3n) is 3.44. The van der Waals surface area contributed by atoms with Crippen LogP contribution in [-0.4, -0.2) is 41.1 Å². The zero-order chi connectivity index (χ0) is 14.0. The van der Waals surface area contributed by atoms with Crippen LogP contribution in [0, 0.1) is 15.9 Å². The molecule has 0 bridgehead atoms. The van der Waals surface area contributed by atoms with Crippen LogP contribution < -0.4 is 5.32 Å². The topological polar surface area (TPSA) is 78.6 Å². The fourth-order valence-electron chi connectivity index (χ4n) is 2.30. The summed E-state index contributed by atoms with van der Waals surface area (Å²) in [7, 11) is 0. The van der Waals surface area contributed by atoms with Gasteiger partial charge in [-0.25, -0.2) is 4.39 Å². The third kappa shape index (κ3) is 4.41. The van der Waals surface area contributed by atoms with Gasteiger partial charge in [-0.05, 0) is 6.92 Å². The first kappa shape index (κ1) is 19.9. The molecule has 2 N–H and O–H groups in total. The minimum absolute atomic E-state index is 0. The first-order chi connectivity index (χ1) is 9.00. The molecule has 1 saturated heterocycles. The number of piperazine rings is 1. The van der Waals surface area contributed by atoms with Crippen molar-refractivity contribution >= 4 is 30.5 Å². The van der Waals surface area contributed by atoms with Gasteiger partial charge in [0, 0.05) is 43.9 Å². The van der Waals surface area contributed by atoms with Gasteiger partial charge in [-0.1, -0.05) is 0 Å². The second-order valence-electron chi connectivity index (χ2n) is 4.58. The minimum Gasteiger partial charge on any atom is -0.505 e. The van der Waals surface area contributed by atoms with E-state index in [-0.39, 0.29) is 42.1 Å². The Morgan fingerprint density at radius 3 is 2.48 bits per heavy atom. The van der Waals surface area contributed by atoms with Gasteiger partial charge >= 0.3 is 0 Å². The van der Waals surface area contributed by atoms with Crippen molar-refractivity contribution in [3.8, 4) is 5.75 Å². The number of aromatic hydroxyl groups is 1. The van der Waals surface area contributed by atoms with Crippen LogP contribution in [0.25, 0.3) is 0 Å². The lowest BCUT2D eigenvalue weighted by Crippen LogP contribution is -2.44. The Kier molecular flexibility index (Phi) is 7.87. The Morgan fingerprint density at radius 1 is 1.38 bits per heavy atom. The van der Waals surface area contributed by atoms with Crippen molar-refractivity contribution in [3.05, 3.63) is 33.6 Å². The zero-order valence-electron chi connectivity index (χ0n) is 11.4. The van der Waals surface area contributed by atoms with Crippen LogP contribution in [0.5, 0.6) is 5.75 Å². The summed E-state index contributed by atoms with van der Waals surface area (Å²) < 4.78 is 13.5. The molecule has 9 heteroatoms. The van der Waals surface area contributed by atoms with Crippen LogP contribution in [0.4, 0.5) is 10.1 Å². The Labute approximate surface area is 134 Å². The number of hydrogen-bond acceptors (Lipinski definition) is 5. The second kappa shape index (κ2) is 8.33. The largest absolute Gasteiger partial charge is 0.505 e. The molecule has 1 atom stereocenters. The van der Waals surface area contributed by atoms with E-state index >= 15 is 0 Å². The molecular weight excluding hydrogens is 324 g/mol. The lowest BCUT2D eigenvalue weighted by atomic mass is 10.0. The van der Waals surface area contributed by atoms with E-state index in [0.717, 1.165) is 32.2 Å². The van der Waals surface area contributed by atoms with Crippen molar-refractivity contribution in [2.45, 2.75) is 13.0 Å². The molecule has 0 amide bonds. The monoisotopic (exact) mass is 341 g/mol. The highest BCUT2D eigenvalue weighted by Gasteiger charge is 2.25. The van der Waals surface area contributed by atoms with Crippen LogP contribution in [0.2, 0.25) is 0 Å². The fraction of sp³-hybridized carbons (Fsp3) is 0.500. The number of hydrogen-bond donors (Lipinski definition) is 2. The highest BCUT2D eigenvalue weighted by Crippen LogP contribution is 2.34. The highest BCUT2D eigenvalue weighted by molar-refractivity contribution is 5.85. The number of nitro groups is 1. The number of nitro benzene ring substituents is 1. The molecule has 21 heavy (non-hydrogen) atoms. The molecule has 0 aliphatic carbocycles. The average Bonchev–Trinajstić information content (AvgIpc) is 2.41. The predicted molar refractivity (Wildman–Crippen MR) is 82.1 cm³/mol. The van der Waals surface area contributed by atoms with Crippen molar-refractivity contribution in [1.29, 1.82) is 0 Å². The van der Waals surface area contributed by atoms with Gasteiger partial charge in [-0.2, -0.15) is 0 Å². The Morgan fingerprint density at radius 2 is 1.95 bits per heavy atom. The van der Waals surface area contributed by atoms with E-state index in [9.17, 15) is 19.6 Å². The van der Waals surface area contributed by atoms with Crippen LogP contribution in [-0.2, 0) is 0 Å². The molecule has 1 heterocycles. The summed E-state index contributed by atoms with van der Waals surface area (Å²) in [6, 6.07) is 1.71. The lowest BCUT2D eigenvalue weighted by molar-refractivity contribution is -0.385. The van der Waals surface area contributed by atoms with Crippen LogP contribution in [0.15, 0.2) is 12.1 Å². The molecule has 1 aromatic carbocycles. The molecule has 0 radical (unpaired) electrons. The molecule has 0 unspecified atom stereocenters. The molecule has 0 saturated carbocycles. The van der Waals surface area contributed by atoms with E-state index < -0.39 is 16.5 Å². The van der Waals surface area contributed by atoms with Crippen LogP contribution in [0.1, 0.15) is 18.5 Å². The fourth-order valence-corrected chi connectivity index (χ4v) is 2.30. The van der Waals surface area contributed by atoms with Gasteiger partial charge < -0.3 is 10.4 Å². The molecule has 0 aromatic heterocycles. The van der Waals surface area contributed by atoms with E-state index in [2.05, 4.69) is 10.2 Å². The number of non-ortho nitro benzene ring substituents is 1. The first-order valence-corrected chi connectivity index (χ1v) is 6.12. The minimum atomic E-state index is -0.953. The van der Waals surface area contributed by atoms with Gasteiger partial charge in [-0.15, -0.1) is 24.8 Å². The van der Waals surface area contributed by atoms with E-state index in [1.807, 2.05) is 6.92 Å². The molecule has 1 fully saturated rings. The predicted octanol–water partition coefficient (Wildman–Crippen LogP) is 2.25. The maximum atomic E-state index is 13.5. The summed E-state index contributed by atoms with van der Waals surface area (Å²) >= 11 is 0. The lowest BCUT2D eigenvalue weighted by Gasteiger charge is -2.33. The smallest absolute Gasteiger partial charge is 0.272 e. The summed E-state index contributed by atoms with van der Waals surface area (Å²) in [6.07, 6.45) is 0. The average molecular weight is 342 g/mol. The zero-order valence-corrected chi connectivity index (χ0v) is 13.0. The molecule has 0 spiro atoms. The van der Waals surface area contributed by atoms with E-state index in [1.54, 1.807) is 0 Å². The summed E-state index contributed by atoms with van der Waals surface area (Å²) in [5, 5.41) is 23.7. The van der Waals surface area contributed by atoms with Crippen LogP contribution >= 0.6 is 24.8 Å². The maximum absolute atomic E-state index is 13.5. The number of benzene rings is 1. The van der Waals surface area contributed by atoms with Crippen molar-refractivity contribution < 1.29 is 14.4 Å². The standard InChI is InChI=1S/C12H16FN3O3.2ClH/c1-8(15-4-2-14-3-5-15)10-6-9(16(18)19)7-11(13)12(10)17;;/h6-8,14,17H,2-5H2,1H3;2*1H/t8-;;/m0../s1. The molecule has 1 aromatic rings. The van der Waals surface area contributed by atoms with Crippen molar-refractivity contribution in [1.82, 2.24) is 10.2 Å². The third-order valence-corrected chi connectivity index (χ3v) is 3.44. The van der Waals surface area contributed by atoms with E-state index in [0.29, 0.717) is 0 Å². The number of phenols is 1. The number of nitrogens with one attached hydrogen (secondary N) is 1. The van der Waals surface area contributed by atoms with Gasteiger partial charge in [0.1, 0.15) is 0 Å². The molecule has 2 rings (SSSR count). The molecule has 120 valence electrons.